The standard InChI is InChI=1S/C23H23F2N3O3/c1-30-19-9-5-18(6-10-19)21(16-26)27-12-14-28(15-13-27)22(29)11-4-17-2-7-20(8-3-17)31-23(24)25/h2-11,21,23H,12-15H2,1H3/b11-4+. The lowest BCUT2D eigenvalue weighted by atomic mass is 10.1. The van der Waals surface area contributed by atoms with Crippen LogP contribution in [0.25, 0.3) is 6.08 Å². The quantitative estimate of drug-likeness (QED) is 0.630. The first-order chi connectivity index (χ1) is 15.0. The van der Waals surface area contributed by atoms with E-state index in [-0.39, 0.29) is 17.7 Å². The molecule has 0 aliphatic carbocycles. The number of hydrogen-bond donors (Lipinski definition) is 0. The van der Waals surface area contributed by atoms with E-state index in [4.69, 9.17) is 4.74 Å². The van der Waals surface area contributed by atoms with Gasteiger partial charge in [0.15, 0.2) is 0 Å². The predicted octanol–water partition coefficient (Wildman–Crippen LogP) is 3.72. The molecular formula is C23H23F2N3O3. The van der Waals surface area contributed by atoms with Crippen molar-refractivity contribution in [3.63, 3.8) is 0 Å². The lowest BCUT2D eigenvalue weighted by Gasteiger charge is -2.36. The molecule has 1 saturated heterocycles. The van der Waals surface area contributed by atoms with Crippen LogP contribution in [0.5, 0.6) is 11.5 Å². The SMILES string of the molecule is COc1ccc(C(C#N)N2CCN(C(=O)/C=C/c3ccc(OC(F)F)cc3)CC2)cc1. The Labute approximate surface area is 179 Å². The number of nitriles is 1. The number of carbonyl (C=O) groups excluding carboxylic acids is 1. The van der Waals surface area contributed by atoms with Gasteiger partial charge in [-0.25, -0.2) is 0 Å². The maximum absolute atomic E-state index is 12.5. The number of halogens is 2. The number of piperazine rings is 1. The molecule has 1 aliphatic heterocycles. The number of amides is 1. The Kier molecular flexibility index (Phi) is 7.57. The highest BCUT2D eigenvalue weighted by molar-refractivity contribution is 5.91. The Morgan fingerprint density at radius 1 is 1.03 bits per heavy atom. The highest BCUT2D eigenvalue weighted by atomic mass is 19.3. The molecule has 0 spiro atoms. The second-order valence-electron chi connectivity index (χ2n) is 6.95. The fourth-order valence-electron chi connectivity index (χ4n) is 3.39. The van der Waals surface area contributed by atoms with E-state index >= 15 is 0 Å². The zero-order chi connectivity index (χ0) is 22.2. The van der Waals surface area contributed by atoms with Gasteiger partial charge in [0.1, 0.15) is 17.5 Å². The molecule has 3 rings (SSSR count). The summed E-state index contributed by atoms with van der Waals surface area (Å²) in [5.41, 5.74) is 1.60. The number of methoxy groups -OCH3 is 1. The van der Waals surface area contributed by atoms with Crippen LogP contribution in [0.1, 0.15) is 17.2 Å². The number of hydrogen-bond acceptors (Lipinski definition) is 5. The van der Waals surface area contributed by atoms with E-state index in [0.29, 0.717) is 31.7 Å². The number of carbonyl (C=O) groups is 1. The molecule has 2 aromatic rings. The second-order valence-corrected chi connectivity index (χ2v) is 6.95. The van der Waals surface area contributed by atoms with Crippen LogP contribution < -0.4 is 9.47 Å². The monoisotopic (exact) mass is 427 g/mol. The van der Waals surface area contributed by atoms with Gasteiger partial charge in [0, 0.05) is 32.3 Å². The lowest BCUT2D eigenvalue weighted by molar-refractivity contribution is -0.127. The minimum Gasteiger partial charge on any atom is -0.497 e. The van der Waals surface area contributed by atoms with Gasteiger partial charge in [-0.3, -0.25) is 9.69 Å². The molecule has 1 amide bonds. The van der Waals surface area contributed by atoms with Crippen molar-refractivity contribution in [2.24, 2.45) is 0 Å². The van der Waals surface area contributed by atoms with E-state index in [0.717, 1.165) is 11.3 Å². The summed E-state index contributed by atoms with van der Waals surface area (Å²) in [5, 5.41) is 9.65. The Bertz CT molecular complexity index is 932. The van der Waals surface area contributed by atoms with Crippen molar-refractivity contribution < 1.29 is 23.0 Å². The van der Waals surface area contributed by atoms with Gasteiger partial charge in [-0.05, 0) is 41.5 Å². The zero-order valence-corrected chi connectivity index (χ0v) is 17.1. The van der Waals surface area contributed by atoms with Crippen molar-refractivity contribution in [3.8, 4) is 17.6 Å². The zero-order valence-electron chi connectivity index (χ0n) is 17.1. The summed E-state index contributed by atoms with van der Waals surface area (Å²) in [7, 11) is 1.60. The van der Waals surface area contributed by atoms with E-state index in [2.05, 4.69) is 15.7 Å². The molecule has 0 aromatic heterocycles. The fourth-order valence-corrected chi connectivity index (χ4v) is 3.39. The molecular weight excluding hydrogens is 404 g/mol. The van der Waals surface area contributed by atoms with E-state index in [9.17, 15) is 18.8 Å². The van der Waals surface area contributed by atoms with Crippen molar-refractivity contribution in [1.82, 2.24) is 9.80 Å². The van der Waals surface area contributed by atoms with Gasteiger partial charge in [0.05, 0.1) is 13.2 Å². The molecule has 0 bridgehead atoms. The van der Waals surface area contributed by atoms with Gasteiger partial charge in [-0.15, -0.1) is 0 Å². The van der Waals surface area contributed by atoms with E-state index in [1.165, 1.54) is 18.2 Å². The fraction of sp³-hybridized carbons (Fsp3) is 0.304. The van der Waals surface area contributed by atoms with Crippen molar-refractivity contribution in [2.45, 2.75) is 12.7 Å². The first kappa shape index (κ1) is 22.2. The summed E-state index contributed by atoms with van der Waals surface area (Å²) in [6.45, 7) is -0.670. The summed E-state index contributed by atoms with van der Waals surface area (Å²) >= 11 is 0. The highest BCUT2D eigenvalue weighted by Crippen LogP contribution is 2.24. The van der Waals surface area contributed by atoms with Crippen LogP contribution in [0.2, 0.25) is 0 Å². The third-order valence-electron chi connectivity index (χ3n) is 5.07. The van der Waals surface area contributed by atoms with Gasteiger partial charge in [0.25, 0.3) is 0 Å². The van der Waals surface area contributed by atoms with E-state index in [1.54, 1.807) is 30.2 Å². The molecule has 31 heavy (non-hydrogen) atoms. The normalized spacial score (nSPS) is 15.6. The number of ether oxygens (including phenoxy) is 2. The highest BCUT2D eigenvalue weighted by Gasteiger charge is 2.26. The number of alkyl halides is 2. The molecule has 1 unspecified atom stereocenters. The van der Waals surface area contributed by atoms with Crippen molar-refractivity contribution in [2.75, 3.05) is 33.3 Å². The van der Waals surface area contributed by atoms with E-state index < -0.39 is 6.61 Å². The van der Waals surface area contributed by atoms with Crippen LogP contribution in [0.4, 0.5) is 8.78 Å². The van der Waals surface area contributed by atoms with Crippen molar-refractivity contribution >= 4 is 12.0 Å². The largest absolute Gasteiger partial charge is 0.497 e. The molecule has 0 N–H and O–H groups in total. The first-order valence-corrected chi connectivity index (χ1v) is 9.79. The average Bonchev–Trinajstić information content (AvgIpc) is 2.79. The smallest absolute Gasteiger partial charge is 0.387 e. The number of benzene rings is 2. The molecule has 2 aromatic carbocycles. The summed E-state index contributed by atoms with van der Waals surface area (Å²) in [4.78, 5) is 16.3. The molecule has 1 aliphatic rings. The summed E-state index contributed by atoms with van der Waals surface area (Å²) < 4.78 is 33.9. The third-order valence-corrected chi connectivity index (χ3v) is 5.07. The molecule has 8 heteroatoms. The molecule has 1 heterocycles. The molecule has 1 fully saturated rings. The van der Waals surface area contributed by atoms with Crippen LogP contribution >= 0.6 is 0 Å². The van der Waals surface area contributed by atoms with Crippen molar-refractivity contribution in [3.05, 3.63) is 65.7 Å². The first-order valence-electron chi connectivity index (χ1n) is 9.79. The minimum atomic E-state index is -2.87. The van der Waals surface area contributed by atoms with Crippen LogP contribution in [-0.4, -0.2) is 55.6 Å². The maximum Gasteiger partial charge on any atom is 0.387 e. The molecule has 1 atom stereocenters. The number of rotatable bonds is 7. The molecule has 0 radical (unpaired) electrons. The van der Waals surface area contributed by atoms with Crippen LogP contribution in [0, 0.1) is 11.3 Å². The third kappa shape index (κ3) is 6.03. The summed E-state index contributed by atoms with van der Waals surface area (Å²) in [5.74, 6) is 0.669. The predicted molar refractivity (Wildman–Crippen MR) is 112 cm³/mol. The van der Waals surface area contributed by atoms with Crippen LogP contribution in [-0.2, 0) is 4.79 Å². The van der Waals surface area contributed by atoms with Gasteiger partial charge in [0.2, 0.25) is 5.91 Å². The average molecular weight is 427 g/mol. The van der Waals surface area contributed by atoms with Crippen LogP contribution in [0.15, 0.2) is 54.6 Å². The Morgan fingerprint density at radius 2 is 1.65 bits per heavy atom. The van der Waals surface area contributed by atoms with Gasteiger partial charge >= 0.3 is 6.61 Å². The molecule has 162 valence electrons. The number of nitrogens with zero attached hydrogens (tertiary/aromatic N) is 3. The Morgan fingerprint density at radius 3 is 2.19 bits per heavy atom. The summed E-state index contributed by atoms with van der Waals surface area (Å²) in [6, 6.07) is 15.4. The van der Waals surface area contributed by atoms with Gasteiger partial charge in [-0.1, -0.05) is 24.3 Å². The maximum atomic E-state index is 12.5. The van der Waals surface area contributed by atoms with Gasteiger partial charge < -0.3 is 14.4 Å². The second kappa shape index (κ2) is 10.5. The molecule has 0 saturated carbocycles. The lowest BCUT2D eigenvalue weighted by Crippen LogP contribution is -2.49. The van der Waals surface area contributed by atoms with Crippen molar-refractivity contribution in [1.29, 1.82) is 5.26 Å². The molecule has 6 nitrogen and oxygen atoms in total. The van der Waals surface area contributed by atoms with Crippen LogP contribution in [0.3, 0.4) is 0 Å². The minimum absolute atomic E-state index is 0.0681. The Balaban J connectivity index is 1.54. The Hall–Kier alpha value is -3.44. The van der Waals surface area contributed by atoms with Gasteiger partial charge in [-0.2, -0.15) is 14.0 Å². The van der Waals surface area contributed by atoms with E-state index in [1.807, 2.05) is 24.3 Å². The topological polar surface area (TPSA) is 65.8 Å². The summed E-state index contributed by atoms with van der Waals surface area (Å²) in [6.07, 6.45) is 3.10.